The lowest BCUT2D eigenvalue weighted by molar-refractivity contribution is 0.0166. The van der Waals surface area contributed by atoms with Gasteiger partial charge >= 0.3 is 0 Å². The summed E-state index contributed by atoms with van der Waals surface area (Å²) >= 11 is 0. The molecule has 0 aromatic heterocycles. The second kappa shape index (κ2) is 6.40. The molecule has 1 N–H and O–H groups in total. The largest absolute Gasteiger partial charge is 0.497 e. The Bertz CT molecular complexity index is 386. The number of hydrogen-bond donors (Lipinski definition) is 1. The number of aliphatic hydroxyl groups excluding tert-OH is 1. The molecule has 1 aromatic carbocycles. The molecule has 0 saturated carbocycles. The standard InChI is InChI=1S/C16H27NO2/c1-7-16(3,4)17(5)12(2)15(18)13-8-10-14(19-6)11-9-13/h8-12,15,18H,7H2,1-6H3. The van der Waals surface area contributed by atoms with E-state index in [4.69, 9.17) is 4.74 Å². The number of benzene rings is 1. The molecule has 0 bridgehead atoms. The molecule has 3 nitrogen and oxygen atoms in total. The van der Waals surface area contributed by atoms with Crippen molar-refractivity contribution in [2.75, 3.05) is 14.2 Å². The maximum Gasteiger partial charge on any atom is 0.118 e. The average Bonchev–Trinajstić information content (AvgIpc) is 2.44. The van der Waals surface area contributed by atoms with Crippen molar-refractivity contribution in [3.05, 3.63) is 29.8 Å². The minimum Gasteiger partial charge on any atom is -0.497 e. The number of rotatable bonds is 6. The molecule has 0 spiro atoms. The number of nitrogens with zero attached hydrogens (tertiary/aromatic N) is 1. The van der Waals surface area contributed by atoms with Gasteiger partial charge in [-0.25, -0.2) is 0 Å². The zero-order valence-electron chi connectivity index (χ0n) is 13.0. The fraction of sp³-hybridized carbons (Fsp3) is 0.625. The van der Waals surface area contributed by atoms with Crippen LogP contribution in [0.2, 0.25) is 0 Å². The minimum atomic E-state index is -0.498. The number of hydrogen-bond acceptors (Lipinski definition) is 3. The summed E-state index contributed by atoms with van der Waals surface area (Å²) in [6.07, 6.45) is 0.546. The van der Waals surface area contributed by atoms with Crippen LogP contribution in [0.15, 0.2) is 24.3 Å². The first-order chi connectivity index (χ1) is 8.83. The van der Waals surface area contributed by atoms with E-state index < -0.39 is 6.10 Å². The van der Waals surface area contributed by atoms with Crippen LogP contribution in [0, 0.1) is 0 Å². The van der Waals surface area contributed by atoms with Crippen LogP contribution in [0.1, 0.15) is 45.8 Å². The van der Waals surface area contributed by atoms with E-state index in [1.54, 1.807) is 7.11 Å². The van der Waals surface area contributed by atoms with Crippen molar-refractivity contribution >= 4 is 0 Å². The monoisotopic (exact) mass is 265 g/mol. The summed E-state index contributed by atoms with van der Waals surface area (Å²) in [5.41, 5.74) is 0.999. The Morgan fingerprint density at radius 1 is 1.26 bits per heavy atom. The highest BCUT2D eigenvalue weighted by Crippen LogP contribution is 2.27. The molecule has 2 unspecified atom stereocenters. The van der Waals surface area contributed by atoms with Crippen molar-refractivity contribution in [3.8, 4) is 5.75 Å². The van der Waals surface area contributed by atoms with E-state index in [0.29, 0.717) is 0 Å². The van der Waals surface area contributed by atoms with E-state index in [0.717, 1.165) is 17.7 Å². The van der Waals surface area contributed by atoms with Crippen LogP contribution in [-0.2, 0) is 0 Å². The van der Waals surface area contributed by atoms with E-state index in [9.17, 15) is 5.11 Å². The van der Waals surface area contributed by atoms with Gasteiger partial charge in [0.05, 0.1) is 13.2 Å². The van der Waals surface area contributed by atoms with Crippen LogP contribution < -0.4 is 4.74 Å². The van der Waals surface area contributed by atoms with Crippen molar-refractivity contribution < 1.29 is 9.84 Å². The highest BCUT2D eigenvalue weighted by Gasteiger charge is 2.29. The first-order valence-electron chi connectivity index (χ1n) is 6.88. The van der Waals surface area contributed by atoms with Gasteiger partial charge in [-0.05, 0) is 51.9 Å². The number of ether oxygens (including phenoxy) is 1. The average molecular weight is 265 g/mol. The quantitative estimate of drug-likeness (QED) is 0.857. The fourth-order valence-electron chi connectivity index (χ4n) is 2.09. The van der Waals surface area contributed by atoms with Gasteiger partial charge in [0.15, 0.2) is 0 Å². The van der Waals surface area contributed by atoms with Crippen LogP contribution >= 0.6 is 0 Å². The highest BCUT2D eigenvalue weighted by atomic mass is 16.5. The lowest BCUT2D eigenvalue weighted by atomic mass is 9.94. The zero-order chi connectivity index (χ0) is 14.6. The normalized spacial score (nSPS) is 15.4. The van der Waals surface area contributed by atoms with E-state index >= 15 is 0 Å². The van der Waals surface area contributed by atoms with Crippen molar-refractivity contribution in [1.29, 1.82) is 0 Å². The molecule has 0 fully saturated rings. The molecule has 0 aliphatic heterocycles. The highest BCUT2D eigenvalue weighted by molar-refractivity contribution is 5.29. The summed E-state index contributed by atoms with van der Waals surface area (Å²) < 4.78 is 5.14. The molecule has 0 saturated heterocycles. The molecule has 1 rings (SSSR count). The van der Waals surface area contributed by atoms with E-state index in [1.165, 1.54) is 0 Å². The van der Waals surface area contributed by atoms with Crippen molar-refractivity contribution in [2.24, 2.45) is 0 Å². The van der Waals surface area contributed by atoms with Crippen LogP contribution in [-0.4, -0.2) is 35.7 Å². The van der Waals surface area contributed by atoms with Crippen LogP contribution in [0.5, 0.6) is 5.75 Å². The first kappa shape index (κ1) is 16.0. The SMILES string of the molecule is CCC(C)(C)N(C)C(C)C(O)c1ccc(OC)cc1. The molecular weight excluding hydrogens is 238 g/mol. The molecule has 0 aliphatic carbocycles. The van der Waals surface area contributed by atoms with Gasteiger partial charge in [0.25, 0.3) is 0 Å². The third-order valence-electron chi connectivity index (χ3n) is 4.35. The third kappa shape index (κ3) is 3.71. The summed E-state index contributed by atoms with van der Waals surface area (Å²) in [6, 6.07) is 7.68. The number of aliphatic hydroxyl groups is 1. The molecule has 0 aliphatic rings. The van der Waals surface area contributed by atoms with Gasteiger partial charge in [-0.2, -0.15) is 0 Å². The molecule has 108 valence electrons. The summed E-state index contributed by atoms with van der Waals surface area (Å²) in [7, 11) is 3.71. The van der Waals surface area contributed by atoms with E-state index in [2.05, 4.69) is 39.6 Å². The summed E-state index contributed by atoms with van der Waals surface area (Å²) in [5, 5.41) is 10.5. The molecule has 2 atom stereocenters. The predicted molar refractivity (Wildman–Crippen MR) is 79.5 cm³/mol. The van der Waals surface area contributed by atoms with Gasteiger partial charge < -0.3 is 9.84 Å². The van der Waals surface area contributed by atoms with Gasteiger partial charge in [0.1, 0.15) is 5.75 Å². The predicted octanol–water partition coefficient (Wildman–Crippen LogP) is 3.24. The van der Waals surface area contributed by atoms with Crippen LogP contribution in [0.3, 0.4) is 0 Å². The van der Waals surface area contributed by atoms with Gasteiger partial charge in [0, 0.05) is 11.6 Å². The smallest absolute Gasteiger partial charge is 0.118 e. The molecule has 1 aromatic rings. The van der Waals surface area contributed by atoms with Gasteiger partial charge in [-0.3, -0.25) is 4.90 Å². The maximum atomic E-state index is 10.5. The Balaban J connectivity index is 2.83. The summed E-state index contributed by atoms with van der Waals surface area (Å²) in [5.74, 6) is 0.811. The Hall–Kier alpha value is -1.06. The van der Waals surface area contributed by atoms with Crippen LogP contribution in [0.25, 0.3) is 0 Å². The molecule has 0 amide bonds. The number of likely N-dealkylation sites (N-methyl/N-ethyl adjacent to an activating group) is 1. The van der Waals surface area contributed by atoms with Crippen molar-refractivity contribution in [1.82, 2.24) is 4.90 Å². The Labute approximate surface area is 117 Å². The van der Waals surface area contributed by atoms with E-state index in [1.807, 2.05) is 24.3 Å². The second-order valence-corrected chi connectivity index (χ2v) is 5.74. The first-order valence-corrected chi connectivity index (χ1v) is 6.88. The molecular formula is C16H27NO2. The Morgan fingerprint density at radius 2 is 1.79 bits per heavy atom. The van der Waals surface area contributed by atoms with Gasteiger partial charge in [-0.1, -0.05) is 19.1 Å². The fourth-order valence-corrected chi connectivity index (χ4v) is 2.09. The molecule has 0 heterocycles. The Morgan fingerprint density at radius 3 is 2.21 bits per heavy atom. The lowest BCUT2D eigenvalue weighted by Crippen LogP contribution is -2.48. The Kier molecular flexibility index (Phi) is 5.39. The third-order valence-corrected chi connectivity index (χ3v) is 4.35. The topological polar surface area (TPSA) is 32.7 Å². The minimum absolute atomic E-state index is 0.0587. The van der Waals surface area contributed by atoms with E-state index in [-0.39, 0.29) is 11.6 Å². The molecule has 0 radical (unpaired) electrons. The molecule has 19 heavy (non-hydrogen) atoms. The summed E-state index contributed by atoms with van der Waals surface area (Å²) in [6.45, 7) is 8.63. The molecule has 3 heteroatoms. The summed E-state index contributed by atoms with van der Waals surface area (Å²) in [4.78, 5) is 2.24. The second-order valence-electron chi connectivity index (χ2n) is 5.74. The van der Waals surface area contributed by atoms with Crippen molar-refractivity contribution in [3.63, 3.8) is 0 Å². The van der Waals surface area contributed by atoms with Crippen molar-refractivity contribution in [2.45, 2.75) is 51.8 Å². The van der Waals surface area contributed by atoms with Crippen LogP contribution in [0.4, 0.5) is 0 Å². The lowest BCUT2D eigenvalue weighted by Gasteiger charge is -2.41. The van der Waals surface area contributed by atoms with Gasteiger partial charge in [0.2, 0.25) is 0 Å². The maximum absolute atomic E-state index is 10.5. The zero-order valence-corrected chi connectivity index (χ0v) is 13.0. The number of methoxy groups -OCH3 is 1. The van der Waals surface area contributed by atoms with Gasteiger partial charge in [-0.15, -0.1) is 0 Å².